The largest absolute Gasteiger partial charge is 0.358 e. The summed E-state index contributed by atoms with van der Waals surface area (Å²) in [6.45, 7) is 12.7. The Bertz CT molecular complexity index is 966. The summed E-state index contributed by atoms with van der Waals surface area (Å²) in [4.78, 5) is 16.6. The van der Waals surface area contributed by atoms with Crippen LogP contribution in [0.3, 0.4) is 0 Å². The fourth-order valence-electron chi connectivity index (χ4n) is 4.71. The second kappa shape index (κ2) is 9.64. The van der Waals surface area contributed by atoms with Crippen molar-refractivity contribution in [1.29, 1.82) is 0 Å². The first-order valence-electron chi connectivity index (χ1n) is 11.4. The molecule has 160 valence electrons. The molecule has 0 saturated heterocycles. The van der Waals surface area contributed by atoms with Crippen molar-refractivity contribution in [2.75, 3.05) is 0 Å². The Kier molecular flexibility index (Phi) is 7.18. The van der Waals surface area contributed by atoms with Crippen molar-refractivity contribution < 1.29 is 4.79 Å². The number of carbonyl (C=O) groups excluding carboxylic acids is 1. The van der Waals surface area contributed by atoms with Gasteiger partial charge in [-0.05, 0) is 108 Å². The highest BCUT2D eigenvalue weighted by molar-refractivity contribution is 5.99. The minimum atomic E-state index is -0.0160. The Morgan fingerprint density at radius 3 is 2.50 bits per heavy atom. The van der Waals surface area contributed by atoms with Gasteiger partial charge >= 0.3 is 0 Å². The molecule has 1 atom stereocenters. The highest BCUT2D eigenvalue weighted by Crippen LogP contribution is 2.33. The second-order valence-corrected chi connectivity index (χ2v) is 9.08. The lowest BCUT2D eigenvalue weighted by Gasteiger charge is -2.13. The molecule has 1 fully saturated rings. The molecule has 1 unspecified atom stereocenters. The zero-order valence-corrected chi connectivity index (χ0v) is 19.6. The predicted molar refractivity (Wildman–Crippen MR) is 129 cm³/mol. The number of allylic oxidation sites excluding steroid dienone is 9. The fraction of sp³-hybridized carbons (Fsp3) is 0.464. The van der Waals surface area contributed by atoms with Crippen molar-refractivity contribution in [3.05, 3.63) is 69.1 Å². The lowest BCUT2D eigenvalue weighted by Crippen LogP contribution is -2.14. The van der Waals surface area contributed by atoms with Crippen molar-refractivity contribution in [1.82, 2.24) is 4.98 Å². The van der Waals surface area contributed by atoms with Crippen LogP contribution in [0.15, 0.2) is 52.2 Å². The fourth-order valence-corrected chi connectivity index (χ4v) is 4.71. The minimum absolute atomic E-state index is 0.0160. The molecule has 2 heteroatoms. The van der Waals surface area contributed by atoms with Crippen molar-refractivity contribution >= 4 is 17.4 Å². The van der Waals surface area contributed by atoms with Crippen molar-refractivity contribution in [3.8, 4) is 0 Å². The molecular formula is C28H37NO. The SMILES string of the molecule is C/C=C/C(=C\c1cc(C(C)=C2CCCC2)[nH]c1C)CC(C)C(=O)C1=C(C)C(C)=CC1. The van der Waals surface area contributed by atoms with Gasteiger partial charge < -0.3 is 4.98 Å². The van der Waals surface area contributed by atoms with E-state index in [-0.39, 0.29) is 5.92 Å². The van der Waals surface area contributed by atoms with Gasteiger partial charge in [-0.3, -0.25) is 4.79 Å². The van der Waals surface area contributed by atoms with Crippen LogP contribution in [0.5, 0.6) is 0 Å². The minimum Gasteiger partial charge on any atom is -0.358 e. The molecule has 1 N–H and O–H groups in total. The van der Waals surface area contributed by atoms with Crippen molar-refractivity contribution in [2.24, 2.45) is 5.92 Å². The molecule has 0 aromatic carbocycles. The first-order chi connectivity index (χ1) is 14.3. The van der Waals surface area contributed by atoms with Crippen LogP contribution in [-0.2, 0) is 4.79 Å². The van der Waals surface area contributed by atoms with Gasteiger partial charge in [0.1, 0.15) is 0 Å². The third-order valence-corrected chi connectivity index (χ3v) is 6.86. The maximum atomic E-state index is 13.0. The number of aromatic nitrogens is 1. The third-order valence-electron chi connectivity index (χ3n) is 6.86. The maximum Gasteiger partial charge on any atom is 0.162 e. The van der Waals surface area contributed by atoms with E-state index in [0.717, 1.165) is 18.4 Å². The molecule has 0 bridgehead atoms. The summed E-state index contributed by atoms with van der Waals surface area (Å²) in [5.41, 5.74) is 11.3. The number of nitrogens with one attached hydrogen (secondary N) is 1. The first-order valence-corrected chi connectivity index (χ1v) is 11.4. The van der Waals surface area contributed by atoms with Gasteiger partial charge in [0.25, 0.3) is 0 Å². The Labute approximate surface area is 182 Å². The lowest BCUT2D eigenvalue weighted by atomic mass is 9.89. The predicted octanol–water partition coefficient (Wildman–Crippen LogP) is 7.89. The van der Waals surface area contributed by atoms with Gasteiger partial charge in [0.2, 0.25) is 0 Å². The molecule has 0 amide bonds. The van der Waals surface area contributed by atoms with Gasteiger partial charge in [0, 0.05) is 22.9 Å². The quantitative estimate of drug-likeness (QED) is 0.461. The van der Waals surface area contributed by atoms with E-state index in [9.17, 15) is 4.79 Å². The molecule has 0 spiro atoms. The van der Waals surface area contributed by atoms with E-state index < -0.39 is 0 Å². The van der Waals surface area contributed by atoms with Crippen LogP contribution in [0.4, 0.5) is 0 Å². The Balaban J connectivity index is 1.81. The van der Waals surface area contributed by atoms with Crippen LogP contribution >= 0.6 is 0 Å². The Hall–Kier alpha value is -2.35. The number of aromatic amines is 1. The summed E-state index contributed by atoms with van der Waals surface area (Å²) < 4.78 is 0. The van der Waals surface area contributed by atoms with E-state index in [1.54, 1.807) is 5.57 Å². The summed E-state index contributed by atoms with van der Waals surface area (Å²) in [6, 6.07) is 2.28. The summed E-state index contributed by atoms with van der Waals surface area (Å²) in [6.07, 6.45) is 15.3. The van der Waals surface area contributed by atoms with Crippen molar-refractivity contribution in [2.45, 2.75) is 80.1 Å². The summed E-state index contributed by atoms with van der Waals surface area (Å²) in [5, 5.41) is 0. The molecule has 1 aromatic heterocycles. The van der Waals surface area contributed by atoms with Gasteiger partial charge in [-0.2, -0.15) is 0 Å². The zero-order chi connectivity index (χ0) is 21.8. The highest BCUT2D eigenvalue weighted by Gasteiger charge is 2.23. The number of H-pyrrole nitrogens is 1. The molecule has 1 heterocycles. The third kappa shape index (κ3) is 4.86. The molecule has 30 heavy (non-hydrogen) atoms. The van der Waals surface area contributed by atoms with Crippen LogP contribution in [-0.4, -0.2) is 10.8 Å². The number of hydrogen-bond acceptors (Lipinski definition) is 1. The van der Waals surface area contributed by atoms with Crippen LogP contribution in [0.25, 0.3) is 11.6 Å². The van der Waals surface area contributed by atoms with Gasteiger partial charge in [0.15, 0.2) is 5.78 Å². The number of carbonyl (C=O) groups is 1. The van der Waals surface area contributed by atoms with E-state index in [1.165, 1.54) is 64.9 Å². The Morgan fingerprint density at radius 2 is 1.90 bits per heavy atom. The molecule has 1 aromatic rings. The number of hydrogen-bond donors (Lipinski definition) is 1. The molecule has 3 rings (SSSR count). The van der Waals surface area contributed by atoms with Crippen LogP contribution in [0.2, 0.25) is 0 Å². The molecule has 2 aliphatic rings. The molecule has 0 radical (unpaired) electrons. The van der Waals surface area contributed by atoms with Gasteiger partial charge in [-0.1, -0.05) is 36.3 Å². The average molecular weight is 404 g/mol. The maximum absolute atomic E-state index is 13.0. The average Bonchev–Trinajstić information content (AvgIpc) is 3.44. The molecule has 2 aliphatic carbocycles. The van der Waals surface area contributed by atoms with Gasteiger partial charge in [-0.25, -0.2) is 0 Å². The van der Waals surface area contributed by atoms with Gasteiger partial charge in [0.05, 0.1) is 0 Å². The topological polar surface area (TPSA) is 32.9 Å². The van der Waals surface area contributed by atoms with Crippen molar-refractivity contribution in [3.63, 3.8) is 0 Å². The van der Waals surface area contributed by atoms with Crippen LogP contribution in [0.1, 0.15) is 90.1 Å². The van der Waals surface area contributed by atoms with E-state index in [2.05, 4.69) is 70.0 Å². The zero-order valence-electron chi connectivity index (χ0n) is 19.6. The van der Waals surface area contributed by atoms with Crippen LogP contribution < -0.4 is 0 Å². The number of aryl methyl sites for hydroxylation is 1. The van der Waals surface area contributed by atoms with E-state index >= 15 is 0 Å². The van der Waals surface area contributed by atoms with Crippen LogP contribution in [0, 0.1) is 12.8 Å². The first kappa shape index (κ1) is 22.3. The number of Topliss-reactive ketones (excluding diaryl/α,β-unsaturated/α-hetero) is 1. The molecular weight excluding hydrogens is 366 g/mol. The highest BCUT2D eigenvalue weighted by atomic mass is 16.1. The smallest absolute Gasteiger partial charge is 0.162 e. The van der Waals surface area contributed by atoms with Gasteiger partial charge in [-0.15, -0.1) is 0 Å². The number of rotatable bonds is 7. The van der Waals surface area contributed by atoms with E-state index in [4.69, 9.17) is 0 Å². The molecule has 2 nitrogen and oxygen atoms in total. The van der Waals surface area contributed by atoms with E-state index in [1.807, 2.05) is 6.92 Å². The second-order valence-electron chi connectivity index (χ2n) is 9.08. The molecule has 1 saturated carbocycles. The van der Waals surface area contributed by atoms with E-state index in [0.29, 0.717) is 5.78 Å². The Morgan fingerprint density at radius 1 is 1.20 bits per heavy atom. The normalized spacial score (nSPS) is 18.5. The summed E-state index contributed by atoms with van der Waals surface area (Å²) in [7, 11) is 0. The lowest BCUT2D eigenvalue weighted by molar-refractivity contribution is -0.118. The molecule has 0 aliphatic heterocycles. The monoisotopic (exact) mass is 403 g/mol. The number of ketones is 1. The standard InChI is InChI=1S/C28H37NO/c1-7-10-23(15-19(3)28(30)26-14-13-18(2)20(26)4)16-25-17-27(29-22(25)6)21(5)24-11-8-9-12-24/h7,10,13,16-17,19,29H,8-9,11-12,14-15H2,1-6H3/b10-7+,23-16+. The summed E-state index contributed by atoms with van der Waals surface area (Å²) in [5.74, 6) is 0.280. The summed E-state index contributed by atoms with van der Waals surface area (Å²) >= 11 is 0.